The van der Waals surface area contributed by atoms with E-state index >= 15 is 0 Å². The van der Waals surface area contributed by atoms with E-state index in [9.17, 15) is 13.2 Å². The molecule has 2 unspecified atom stereocenters. The predicted molar refractivity (Wildman–Crippen MR) is 77.0 cm³/mol. The van der Waals surface area contributed by atoms with Crippen LogP contribution in [0.2, 0.25) is 0 Å². The number of aryl methyl sites for hydroxylation is 1. The Hall–Kier alpha value is -1.41. The van der Waals surface area contributed by atoms with Gasteiger partial charge in [0.25, 0.3) is 0 Å². The number of nitrogens with zero attached hydrogens (tertiary/aromatic N) is 2. The van der Waals surface area contributed by atoms with Gasteiger partial charge in [-0.1, -0.05) is 6.42 Å². The molecule has 2 atom stereocenters. The molecular formula is C13H21N3O4S. The fourth-order valence-corrected chi connectivity index (χ4v) is 4.53. The first-order chi connectivity index (χ1) is 9.95. The summed E-state index contributed by atoms with van der Waals surface area (Å²) in [6, 6.07) is 0. The average Bonchev–Trinajstić information content (AvgIpc) is 3.07. The molecule has 1 heterocycles. The molecular weight excluding hydrogens is 294 g/mol. The van der Waals surface area contributed by atoms with Crippen LogP contribution in [0.3, 0.4) is 0 Å². The summed E-state index contributed by atoms with van der Waals surface area (Å²) in [4.78, 5) is 15.8. The summed E-state index contributed by atoms with van der Waals surface area (Å²) in [5, 5.41) is -0.689. The van der Waals surface area contributed by atoms with Crippen LogP contribution in [0.5, 0.6) is 0 Å². The molecule has 1 aromatic heterocycles. The first kappa shape index (κ1) is 16.0. The molecule has 1 aliphatic rings. The fourth-order valence-electron chi connectivity index (χ4n) is 2.77. The normalized spacial score (nSPS) is 22.4. The Morgan fingerprint density at radius 3 is 2.90 bits per heavy atom. The third kappa shape index (κ3) is 3.62. The molecule has 1 aromatic rings. The van der Waals surface area contributed by atoms with Crippen molar-refractivity contribution in [3.63, 3.8) is 0 Å². The third-order valence-electron chi connectivity index (χ3n) is 3.93. The number of rotatable bonds is 6. The molecule has 0 amide bonds. The fraction of sp³-hybridized carbons (Fsp3) is 0.692. The van der Waals surface area contributed by atoms with Crippen molar-refractivity contribution in [2.75, 3.05) is 13.7 Å². The van der Waals surface area contributed by atoms with E-state index in [0.29, 0.717) is 19.3 Å². The highest BCUT2D eigenvalue weighted by Gasteiger charge is 2.41. The molecule has 2 rings (SSSR count). The highest BCUT2D eigenvalue weighted by molar-refractivity contribution is 7.90. The molecule has 0 saturated heterocycles. The van der Waals surface area contributed by atoms with Crippen LogP contribution in [0.15, 0.2) is 12.4 Å². The SMILES string of the molecule is COC(=O)C1CCCC1S(=O)(=O)NCCc1nccn1C. The lowest BCUT2D eigenvalue weighted by atomic mass is 10.1. The van der Waals surface area contributed by atoms with Gasteiger partial charge in [0.05, 0.1) is 18.3 Å². The molecule has 118 valence electrons. The lowest BCUT2D eigenvalue weighted by molar-refractivity contribution is -0.145. The number of hydrogen-bond acceptors (Lipinski definition) is 5. The van der Waals surface area contributed by atoms with Gasteiger partial charge in [0.15, 0.2) is 0 Å². The topological polar surface area (TPSA) is 90.3 Å². The minimum absolute atomic E-state index is 0.275. The maximum Gasteiger partial charge on any atom is 0.310 e. The molecule has 1 fully saturated rings. The third-order valence-corrected chi connectivity index (χ3v) is 5.90. The van der Waals surface area contributed by atoms with Crippen molar-refractivity contribution in [2.45, 2.75) is 30.9 Å². The van der Waals surface area contributed by atoms with Crippen molar-refractivity contribution in [3.05, 3.63) is 18.2 Å². The Morgan fingerprint density at radius 2 is 2.29 bits per heavy atom. The van der Waals surface area contributed by atoms with E-state index in [1.165, 1.54) is 7.11 Å². The zero-order valence-corrected chi connectivity index (χ0v) is 13.1. The maximum absolute atomic E-state index is 12.3. The van der Waals surface area contributed by atoms with Gasteiger partial charge in [0.2, 0.25) is 10.0 Å². The molecule has 1 saturated carbocycles. The summed E-state index contributed by atoms with van der Waals surface area (Å²) in [5.74, 6) is -0.179. The van der Waals surface area contributed by atoms with Gasteiger partial charge in [0.1, 0.15) is 5.82 Å². The van der Waals surface area contributed by atoms with Gasteiger partial charge in [0, 0.05) is 32.4 Å². The lowest BCUT2D eigenvalue weighted by Crippen LogP contribution is -2.40. The zero-order chi connectivity index (χ0) is 15.5. The van der Waals surface area contributed by atoms with Gasteiger partial charge < -0.3 is 9.30 Å². The zero-order valence-electron chi connectivity index (χ0n) is 12.3. The van der Waals surface area contributed by atoms with Crippen LogP contribution in [0.4, 0.5) is 0 Å². The number of hydrogen-bond donors (Lipinski definition) is 1. The van der Waals surface area contributed by atoms with Crippen LogP contribution in [0.25, 0.3) is 0 Å². The predicted octanol–water partition coefficient (Wildman–Crippen LogP) is 0.224. The second-order valence-electron chi connectivity index (χ2n) is 5.24. The molecule has 1 N–H and O–H groups in total. The van der Waals surface area contributed by atoms with Crippen molar-refractivity contribution in [1.82, 2.24) is 14.3 Å². The second-order valence-corrected chi connectivity index (χ2v) is 7.23. The van der Waals surface area contributed by atoms with Crippen molar-refractivity contribution >= 4 is 16.0 Å². The summed E-state index contributed by atoms with van der Waals surface area (Å²) in [6.45, 7) is 0.275. The molecule has 0 radical (unpaired) electrons. The number of nitrogens with one attached hydrogen (secondary N) is 1. The van der Waals surface area contributed by atoms with Gasteiger partial charge in [-0.2, -0.15) is 0 Å². The lowest BCUT2D eigenvalue weighted by Gasteiger charge is -2.18. The summed E-state index contributed by atoms with van der Waals surface area (Å²) in [7, 11) is -0.366. The first-order valence-corrected chi connectivity index (χ1v) is 8.53. The summed E-state index contributed by atoms with van der Waals surface area (Å²) in [5.41, 5.74) is 0. The van der Waals surface area contributed by atoms with E-state index in [4.69, 9.17) is 4.74 Å². The number of aromatic nitrogens is 2. The first-order valence-electron chi connectivity index (χ1n) is 6.98. The van der Waals surface area contributed by atoms with Crippen LogP contribution in [0, 0.1) is 5.92 Å². The van der Waals surface area contributed by atoms with Gasteiger partial charge >= 0.3 is 5.97 Å². The van der Waals surface area contributed by atoms with Gasteiger partial charge in [-0.3, -0.25) is 4.79 Å². The van der Waals surface area contributed by atoms with E-state index < -0.39 is 27.2 Å². The standard InChI is InChI=1S/C13H21N3O4S/c1-16-9-8-14-12(16)6-7-15-21(18,19)11-5-3-4-10(11)13(17)20-2/h8-11,15H,3-7H2,1-2H3. The van der Waals surface area contributed by atoms with Crippen molar-refractivity contribution in [1.29, 1.82) is 0 Å². The van der Waals surface area contributed by atoms with E-state index in [-0.39, 0.29) is 6.54 Å². The minimum atomic E-state index is -3.52. The van der Waals surface area contributed by atoms with Crippen LogP contribution >= 0.6 is 0 Å². The summed E-state index contributed by atoms with van der Waals surface area (Å²) >= 11 is 0. The molecule has 8 heteroatoms. The highest BCUT2D eigenvalue weighted by atomic mass is 32.2. The molecule has 0 aromatic carbocycles. The molecule has 0 bridgehead atoms. The summed E-state index contributed by atoms with van der Waals surface area (Å²) in [6.07, 6.45) is 5.79. The van der Waals surface area contributed by atoms with E-state index in [0.717, 1.165) is 12.2 Å². The van der Waals surface area contributed by atoms with Crippen LogP contribution < -0.4 is 4.72 Å². The number of imidazole rings is 1. The van der Waals surface area contributed by atoms with E-state index in [1.807, 2.05) is 17.8 Å². The second kappa shape index (κ2) is 6.57. The van der Waals surface area contributed by atoms with Crippen molar-refractivity contribution in [2.24, 2.45) is 13.0 Å². The summed E-state index contributed by atoms with van der Waals surface area (Å²) < 4.78 is 33.8. The Morgan fingerprint density at radius 1 is 1.52 bits per heavy atom. The minimum Gasteiger partial charge on any atom is -0.469 e. The Labute approximate surface area is 124 Å². The van der Waals surface area contributed by atoms with Crippen molar-refractivity contribution < 1.29 is 17.9 Å². The largest absolute Gasteiger partial charge is 0.469 e. The Bertz CT molecular complexity index is 596. The number of methoxy groups -OCH3 is 1. The number of esters is 1. The number of ether oxygens (including phenoxy) is 1. The molecule has 21 heavy (non-hydrogen) atoms. The quantitative estimate of drug-likeness (QED) is 0.759. The number of carbonyl (C=O) groups excluding carboxylic acids is 1. The highest BCUT2D eigenvalue weighted by Crippen LogP contribution is 2.31. The van der Waals surface area contributed by atoms with Gasteiger partial charge in [-0.15, -0.1) is 0 Å². The molecule has 0 spiro atoms. The number of carbonyl (C=O) groups is 1. The van der Waals surface area contributed by atoms with Crippen LogP contribution in [-0.4, -0.2) is 42.8 Å². The number of sulfonamides is 1. The Kier molecular flexibility index (Phi) is 5.00. The van der Waals surface area contributed by atoms with Crippen LogP contribution in [-0.2, 0) is 33.0 Å². The van der Waals surface area contributed by atoms with Crippen molar-refractivity contribution in [3.8, 4) is 0 Å². The molecule has 1 aliphatic carbocycles. The van der Waals surface area contributed by atoms with E-state index in [2.05, 4.69) is 9.71 Å². The molecule has 7 nitrogen and oxygen atoms in total. The van der Waals surface area contributed by atoms with Gasteiger partial charge in [-0.25, -0.2) is 18.1 Å². The smallest absolute Gasteiger partial charge is 0.310 e. The molecule has 0 aliphatic heterocycles. The van der Waals surface area contributed by atoms with E-state index in [1.54, 1.807) is 6.20 Å². The maximum atomic E-state index is 12.3. The Balaban J connectivity index is 1.95. The monoisotopic (exact) mass is 315 g/mol. The average molecular weight is 315 g/mol. The van der Waals surface area contributed by atoms with Crippen LogP contribution in [0.1, 0.15) is 25.1 Å². The van der Waals surface area contributed by atoms with Gasteiger partial charge in [-0.05, 0) is 12.8 Å².